The van der Waals surface area contributed by atoms with Gasteiger partial charge in [-0.2, -0.15) is 4.98 Å². The van der Waals surface area contributed by atoms with Crippen molar-refractivity contribution in [3.63, 3.8) is 0 Å². The lowest BCUT2D eigenvalue weighted by Gasteiger charge is -2.43. The summed E-state index contributed by atoms with van der Waals surface area (Å²) in [4.78, 5) is 65.1. The Balaban J connectivity index is 1.25. The van der Waals surface area contributed by atoms with E-state index in [0.29, 0.717) is 24.2 Å². The van der Waals surface area contributed by atoms with Gasteiger partial charge in [0.05, 0.1) is 25.1 Å². The second-order valence-corrected chi connectivity index (χ2v) is 30.2. The predicted octanol–water partition coefficient (Wildman–Crippen LogP) is 9.35. The molecule has 346 valence electrons. The number of imidazole rings is 1. The van der Waals surface area contributed by atoms with Crippen LogP contribution in [-0.4, -0.2) is 85.1 Å². The second-order valence-electron chi connectivity index (χ2n) is 20.6. The maximum absolute atomic E-state index is 14.0. The summed E-state index contributed by atoms with van der Waals surface area (Å²) in [7, 11) is -4.44. The predicted molar refractivity (Wildman–Crippen MR) is 254 cm³/mol. The van der Waals surface area contributed by atoms with E-state index in [1.807, 2.05) is 48.5 Å². The first-order valence-electron chi connectivity index (χ1n) is 22.3. The highest BCUT2D eigenvalue weighted by Crippen LogP contribution is 2.50. The molecule has 1 fully saturated rings. The summed E-state index contributed by atoms with van der Waals surface area (Å²) in [6.45, 7) is 26.2. The molecule has 0 radical (unpaired) electrons. The fraction of sp³-hybridized carbons (Fsp3) is 0.500. The molecule has 0 amide bonds. The molecular formula is C48H61N5O10Si2. The molecule has 15 nitrogen and oxygen atoms in total. The van der Waals surface area contributed by atoms with Crippen LogP contribution in [0.1, 0.15) is 98.2 Å². The SMILES string of the molecule is CC(=O)OC1[C@@H](OC(C)=O)[C@H](OC(C)=O)c2cc3ccc4cccc5ccc(c2[C@@H]1Nc1nc2c(ncn2[C@H]2C[C@H](O[Si](C)(C)C(C)(C)C)[C@@H](CO[Si](C)(C)C(C)(C)C)O2)c(=O)[nH]1)c3c45. The molecular weight excluding hydrogens is 863 g/mol. The van der Waals surface area contributed by atoms with Crippen LogP contribution in [-0.2, 0) is 42.2 Å². The number of carbonyl (C=O) groups excluding carboxylic acids is 3. The Morgan fingerprint density at radius 1 is 0.831 bits per heavy atom. The number of nitrogens with one attached hydrogen (secondary N) is 2. The fourth-order valence-electron chi connectivity index (χ4n) is 8.81. The van der Waals surface area contributed by atoms with Crippen LogP contribution in [0.4, 0.5) is 5.95 Å². The zero-order valence-corrected chi connectivity index (χ0v) is 41.6. The number of hydrogen-bond donors (Lipinski definition) is 2. The highest BCUT2D eigenvalue weighted by Gasteiger charge is 2.51. The van der Waals surface area contributed by atoms with Gasteiger partial charge in [-0.05, 0) is 80.2 Å². The van der Waals surface area contributed by atoms with Crippen molar-refractivity contribution in [1.82, 2.24) is 19.5 Å². The van der Waals surface area contributed by atoms with Crippen molar-refractivity contribution in [2.24, 2.45) is 0 Å². The maximum Gasteiger partial charge on any atom is 0.303 e. The first-order valence-corrected chi connectivity index (χ1v) is 28.1. The van der Waals surface area contributed by atoms with Gasteiger partial charge in [-0.1, -0.05) is 84.0 Å². The first-order chi connectivity index (χ1) is 30.3. The van der Waals surface area contributed by atoms with E-state index < -0.39 is 76.8 Å². The molecule has 4 aromatic carbocycles. The minimum atomic E-state index is -2.28. The summed E-state index contributed by atoms with van der Waals surface area (Å²) >= 11 is 0. The molecule has 2 N–H and O–H groups in total. The van der Waals surface area contributed by atoms with Gasteiger partial charge in [-0.15, -0.1) is 0 Å². The number of hydrogen-bond acceptors (Lipinski definition) is 13. The zero-order chi connectivity index (χ0) is 47.1. The number of aromatic amines is 1. The van der Waals surface area contributed by atoms with Crippen molar-refractivity contribution in [2.45, 2.75) is 148 Å². The monoisotopic (exact) mass is 923 g/mol. The number of H-pyrrole nitrogens is 1. The fourth-order valence-corrected chi connectivity index (χ4v) is 11.2. The Morgan fingerprint density at radius 2 is 1.45 bits per heavy atom. The molecule has 0 bridgehead atoms. The average Bonchev–Trinajstić information content (AvgIpc) is 3.81. The van der Waals surface area contributed by atoms with Crippen LogP contribution in [0.5, 0.6) is 0 Å². The molecule has 0 saturated carbocycles. The van der Waals surface area contributed by atoms with Gasteiger partial charge < -0.3 is 33.1 Å². The summed E-state index contributed by atoms with van der Waals surface area (Å²) in [5.74, 6) is -1.95. The van der Waals surface area contributed by atoms with Crippen LogP contribution in [0.25, 0.3) is 43.5 Å². The molecule has 65 heavy (non-hydrogen) atoms. The van der Waals surface area contributed by atoms with Crippen molar-refractivity contribution in [2.75, 3.05) is 11.9 Å². The highest BCUT2D eigenvalue weighted by atomic mass is 28.4. The molecule has 17 heteroatoms. The Morgan fingerprint density at radius 3 is 2.08 bits per heavy atom. The highest BCUT2D eigenvalue weighted by molar-refractivity contribution is 6.74. The van der Waals surface area contributed by atoms with Gasteiger partial charge in [-0.3, -0.25) is 28.7 Å². The largest absolute Gasteiger partial charge is 0.456 e. The lowest BCUT2D eigenvalue weighted by molar-refractivity contribution is -0.187. The zero-order valence-electron chi connectivity index (χ0n) is 39.6. The second kappa shape index (κ2) is 16.6. The van der Waals surface area contributed by atoms with Crippen molar-refractivity contribution < 1.29 is 42.2 Å². The summed E-state index contributed by atoms with van der Waals surface area (Å²) < 4.78 is 40.3. The number of carbonyl (C=O) groups is 3. The summed E-state index contributed by atoms with van der Waals surface area (Å²) in [5, 5.41) is 8.99. The lowest BCUT2D eigenvalue weighted by Crippen LogP contribution is -2.50. The van der Waals surface area contributed by atoms with E-state index in [2.05, 4.69) is 83.0 Å². The summed E-state index contributed by atoms with van der Waals surface area (Å²) in [5.41, 5.74) is 0.972. The van der Waals surface area contributed by atoms with Crippen LogP contribution in [0.3, 0.4) is 0 Å². The maximum atomic E-state index is 14.0. The van der Waals surface area contributed by atoms with Gasteiger partial charge in [0.2, 0.25) is 5.95 Å². The van der Waals surface area contributed by atoms with Crippen LogP contribution in [0.2, 0.25) is 36.3 Å². The topological polar surface area (TPSA) is 182 Å². The normalized spacial score (nSPS) is 23.0. The van der Waals surface area contributed by atoms with Gasteiger partial charge in [0.25, 0.3) is 5.56 Å². The average molecular weight is 924 g/mol. The summed E-state index contributed by atoms with van der Waals surface area (Å²) in [6.07, 6.45) is -3.01. The van der Waals surface area contributed by atoms with Crippen LogP contribution < -0.4 is 10.9 Å². The van der Waals surface area contributed by atoms with Crippen LogP contribution >= 0.6 is 0 Å². The third-order valence-electron chi connectivity index (χ3n) is 14.1. The Kier molecular flexibility index (Phi) is 11.8. The molecule has 1 aliphatic heterocycles. The molecule has 8 rings (SSSR count). The molecule has 6 aromatic rings. The number of anilines is 1. The quantitative estimate of drug-likeness (QED) is 0.0543. The van der Waals surface area contributed by atoms with E-state index in [9.17, 15) is 19.2 Å². The molecule has 1 aliphatic carbocycles. The number of ether oxygens (including phenoxy) is 4. The molecule has 7 atom stereocenters. The lowest BCUT2D eigenvalue weighted by atomic mass is 9.77. The number of aromatic nitrogens is 4. The first kappa shape index (κ1) is 46.3. The number of nitrogens with zero attached hydrogens (tertiary/aromatic N) is 3. The van der Waals surface area contributed by atoms with Gasteiger partial charge in [-0.25, -0.2) is 4.98 Å². The molecule has 1 unspecified atom stereocenters. The van der Waals surface area contributed by atoms with Gasteiger partial charge in [0, 0.05) is 32.8 Å². The van der Waals surface area contributed by atoms with Crippen molar-refractivity contribution in [1.29, 1.82) is 0 Å². The Hall–Kier alpha value is -5.21. The van der Waals surface area contributed by atoms with Crippen molar-refractivity contribution >= 4 is 84.0 Å². The molecule has 2 aliphatic rings. The van der Waals surface area contributed by atoms with Gasteiger partial charge >= 0.3 is 17.9 Å². The van der Waals surface area contributed by atoms with E-state index in [-0.39, 0.29) is 33.3 Å². The van der Waals surface area contributed by atoms with E-state index in [0.717, 1.165) is 32.3 Å². The molecule has 1 saturated heterocycles. The van der Waals surface area contributed by atoms with E-state index >= 15 is 0 Å². The molecule has 3 heterocycles. The van der Waals surface area contributed by atoms with Crippen LogP contribution in [0.15, 0.2) is 59.7 Å². The molecule has 0 spiro atoms. The van der Waals surface area contributed by atoms with Gasteiger partial charge in [0.15, 0.2) is 46.1 Å². The number of fused-ring (bicyclic) bond motifs is 3. The standard InChI is InChI=1S/C48H61N5O10Si2/c1-25(54)59-41-32-21-30-18-17-28-15-14-16-29-19-20-31(37(30)36(28)29)38(32)39(42(60-26(2)55)43(41)61-27(3)56)50-46-51-44-40(45(57)52-46)49-24-53(44)35-22-33(63-65(12,13)48(7,8)9)34(62-35)23-58-64(10,11)47(4,5)6/h14-21,24,33-35,39,41-43H,22-23H2,1-13H3,(H2,50,51,52,57)/t33-,34+,35+,39-,41+,42?,43-/m0/s1. The van der Waals surface area contributed by atoms with E-state index in [4.69, 9.17) is 32.8 Å². The van der Waals surface area contributed by atoms with Crippen molar-refractivity contribution in [3.8, 4) is 0 Å². The van der Waals surface area contributed by atoms with Gasteiger partial charge in [0.1, 0.15) is 12.3 Å². The Labute approximate surface area is 380 Å². The Bertz CT molecular complexity index is 2860. The summed E-state index contributed by atoms with van der Waals surface area (Å²) in [6, 6.07) is 15.0. The minimum absolute atomic E-state index is 0.0135. The third-order valence-corrected chi connectivity index (χ3v) is 23.1. The number of esters is 3. The van der Waals surface area contributed by atoms with E-state index in [1.54, 1.807) is 10.9 Å². The third kappa shape index (κ3) is 8.57. The van der Waals surface area contributed by atoms with Crippen LogP contribution in [0, 0.1) is 0 Å². The molecule has 2 aromatic heterocycles. The minimum Gasteiger partial charge on any atom is -0.456 e. The number of rotatable bonds is 11. The van der Waals surface area contributed by atoms with E-state index in [1.165, 1.54) is 20.8 Å². The number of benzene rings is 4. The van der Waals surface area contributed by atoms with Crippen molar-refractivity contribution in [3.05, 3.63) is 76.3 Å². The smallest absolute Gasteiger partial charge is 0.303 e.